The van der Waals surface area contributed by atoms with Crippen molar-refractivity contribution < 1.29 is 38.9 Å². The van der Waals surface area contributed by atoms with Crippen LogP contribution in [0.1, 0.15) is 175 Å². The summed E-state index contributed by atoms with van der Waals surface area (Å²) in [6, 6.07) is 26.4. The van der Waals surface area contributed by atoms with Crippen molar-refractivity contribution in [2.45, 2.75) is 113 Å². The number of hydrogen-bond acceptors (Lipinski definition) is 31. The number of ether oxygens (including phenoxy) is 1. The van der Waals surface area contributed by atoms with Gasteiger partial charge in [-0.2, -0.15) is 0 Å². The number of carbonyl (C=O) groups is 5. The maximum absolute atomic E-state index is 13.1. The Labute approximate surface area is 860 Å². The van der Waals surface area contributed by atoms with Crippen LogP contribution in [0.4, 0.5) is 66.0 Å². The summed E-state index contributed by atoms with van der Waals surface area (Å²) in [6.07, 6.45) is 12.2. The number of pyridine rings is 4. The maximum Gasteiger partial charge on any atom is 0.271 e. The van der Waals surface area contributed by atoms with Crippen LogP contribution in [0.15, 0.2) is 155 Å². The zero-order valence-corrected chi connectivity index (χ0v) is 86.4. The number of hydrogen-bond donors (Lipinski definition) is 18. The molecule has 4 amide bonds. The highest BCUT2D eigenvalue weighted by Gasteiger charge is 2.29. The quantitative estimate of drug-likeness (QED) is 0.0106. The first kappa shape index (κ1) is 108. The fraction of sp³-hybridized carbons (Fsp3) is 0.337. The number of anilines is 12. The maximum atomic E-state index is 13.1. The van der Waals surface area contributed by atoms with Gasteiger partial charge >= 0.3 is 0 Å². The van der Waals surface area contributed by atoms with Crippen molar-refractivity contribution in [2.24, 2.45) is 48.8 Å². The zero-order chi connectivity index (χ0) is 103. The van der Waals surface area contributed by atoms with Crippen LogP contribution >= 0.6 is 80.9 Å². The zero-order valence-electron chi connectivity index (χ0n) is 80.8. The van der Waals surface area contributed by atoms with Crippen molar-refractivity contribution in [3.63, 3.8) is 0 Å². The summed E-state index contributed by atoms with van der Waals surface area (Å²) in [6.45, 7) is 25.8. The second kappa shape index (κ2) is 50.1. The fourth-order valence-electron chi connectivity index (χ4n) is 16.1. The van der Waals surface area contributed by atoms with E-state index >= 15 is 0 Å². The lowest BCUT2D eigenvalue weighted by molar-refractivity contribution is 0.0394. The summed E-state index contributed by atoms with van der Waals surface area (Å²) in [4.78, 5) is 154. The number of nitrogens with zero attached hydrogens (tertiary/aromatic N) is 11. The number of nitrogens with one attached hydrogen (secondary N) is 12. The van der Waals surface area contributed by atoms with Crippen molar-refractivity contribution >= 4 is 200 Å². The van der Waals surface area contributed by atoms with E-state index in [-0.39, 0.29) is 94.9 Å². The Bertz CT molecular complexity index is 6990. The number of H-pyrrole nitrogens is 4. The number of aliphatic hydroxyl groups excluding tert-OH is 2. The van der Waals surface area contributed by atoms with E-state index < -0.39 is 30.2 Å². The van der Waals surface area contributed by atoms with Gasteiger partial charge < -0.3 is 85.3 Å². The molecule has 1 atom stereocenters. The predicted molar refractivity (Wildman–Crippen MR) is 576 cm³/mol. The molecule has 4 fully saturated rings. The molecule has 2 aliphatic heterocycles. The van der Waals surface area contributed by atoms with E-state index in [4.69, 9.17) is 67.6 Å². The molecule has 2 aliphatic carbocycles. The van der Waals surface area contributed by atoms with Crippen LogP contribution in [0.2, 0.25) is 15.1 Å². The van der Waals surface area contributed by atoms with Crippen LogP contribution in [0.5, 0.6) is 0 Å². The monoisotopic (exact) mass is 2090 g/mol. The van der Waals surface area contributed by atoms with Gasteiger partial charge in [-0.05, 0) is 276 Å². The average Bonchev–Trinajstić information content (AvgIpc) is 1.45. The number of nitrogens with two attached hydrogens (primary N) is 4. The molecule has 0 spiro atoms. The highest BCUT2D eigenvalue weighted by atomic mass is 35.5. The van der Waals surface area contributed by atoms with Crippen LogP contribution in [0.25, 0.3) is 0 Å². The normalized spacial score (nSPS) is 14.6. The molecule has 39 nitrogen and oxygen atoms in total. The van der Waals surface area contributed by atoms with E-state index in [0.717, 1.165) is 120 Å². The number of amidine groups is 4. The predicted octanol–water partition coefficient (Wildman–Crippen LogP) is 13.7. The number of rotatable bonds is 32. The summed E-state index contributed by atoms with van der Waals surface area (Å²) in [5, 5.41) is 45.0. The number of benzene rings is 4. The lowest BCUT2D eigenvalue weighted by Crippen LogP contribution is -2.45. The Morgan fingerprint density at radius 1 is 0.465 bits per heavy atom. The minimum atomic E-state index is -1.45. The van der Waals surface area contributed by atoms with Gasteiger partial charge in [0.1, 0.15) is 88.9 Å². The Balaban J connectivity index is 0.000000162. The summed E-state index contributed by atoms with van der Waals surface area (Å²) < 4.78 is 16.1. The number of aliphatic hydroxyl groups is 2. The van der Waals surface area contributed by atoms with Gasteiger partial charge in [0.25, 0.3) is 45.9 Å². The average molecular weight is 2100 g/mol. The number of amides is 4. The van der Waals surface area contributed by atoms with E-state index in [1.165, 1.54) is 68.7 Å². The minimum absolute atomic E-state index is 0.0173. The summed E-state index contributed by atoms with van der Waals surface area (Å²) in [5.74, 6) is 1.81. The van der Waals surface area contributed by atoms with Crippen LogP contribution in [0.3, 0.4) is 0 Å². The third-order valence-corrected chi connectivity index (χ3v) is 28.1. The molecule has 2 saturated heterocycles. The van der Waals surface area contributed by atoms with Gasteiger partial charge in [-0.1, -0.05) is 65.8 Å². The first-order valence-corrected chi connectivity index (χ1v) is 50.6. The molecule has 2 saturated carbocycles. The smallest absolute Gasteiger partial charge is 0.271 e. The van der Waals surface area contributed by atoms with Gasteiger partial charge in [-0.15, -0.1) is 0 Å². The van der Waals surface area contributed by atoms with E-state index in [1.54, 1.807) is 74.8 Å². The molecular weight excluding hydrogens is 1980 g/mol. The summed E-state index contributed by atoms with van der Waals surface area (Å²) in [7, 11) is 2.12. The highest BCUT2D eigenvalue weighted by Crippen LogP contribution is 2.41. The van der Waals surface area contributed by atoms with E-state index in [9.17, 15) is 48.3 Å². The second-order valence-corrected chi connectivity index (χ2v) is 39.4. The number of aryl methyl sites for hydroxylation is 8. The second-order valence-electron chi connectivity index (χ2n) is 34.9. The molecule has 144 heavy (non-hydrogen) atoms. The SMILES string of the molecule is CC(=O)c1ccc(NC(=O)c2c(C)cc(Nc3s[nH]c(=O)c3C(N)=NCCN3CCOCC3)cc2Cl)nc1.Cc1cc(C2CC2)cnc1NC(=O)c1c(C)cc(Nc2s[nH]c(=O)c2C(N)=NCCN2CCN(C)CC2)cc1Cl.Cc1cccnc1NC(=O)c1c(C)cc(Nc2s[nH]c(=O)c2C(N)=NC(O)CO)cc1Cl.Cc1cccnc1NC(=O)c1c(C)cc(Nc2s[nH]c(=O)c2C(N)=NCC2CCCC2)cc1C. The van der Waals surface area contributed by atoms with Gasteiger partial charge in [-0.3, -0.25) is 85.4 Å². The van der Waals surface area contributed by atoms with Crippen molar-refractivity contribution in [3.05, 3.63) is 272 Å². The van der Waals surface area contributed by atoms with E-state index in [0.29, 0.717) is 150 Å². The van der Waals surface area contributed by atoms with Gasteiger partial charge in [-0.25, -0.2) is 24.9 Å². The summed E-state index contributed by atoms with van der Waals surface area (Å²) in [5.41, 5.74) is 35.8. The third kappa shape index (κ3) is 28.5. The topological polar surface area (TPSA) is 578 Å². The number of morpholine rings is 1. The number of ketones is 1. The number of aliphatic imine (C=N–C) groups is 4. The highest BCUT2D eigenvalue weighted by molar-refractivity contribution is 7.11. The van der Waals surface area contributed by atoms with Gasteiger partial charge in [0, 0.05) is 118 Å². The number of aromatic amines is 4. The van der Waals surface area contributed by atoms with E-state index in [1.807, 2.05) is 84.1 Å². The molecule has 4 aromatic carbocycles. The van der Waals surface area contributed by atoms with Crippen molar-refractivity contribution in [1.82, 2.24) is 52.1 Å². The number of Topliss-reactive ketones (excluding diaryl/α,β-unsaturated/α-hetero) is 1. The standard InChI is InChI=1S/C28H35ClN8O2S.C25H28ClN7O4S.C25H30N6O2S.C20H21ClN6O4S/c1-16-13-20(14-21(29)22(16)26(38)34-25-17(2)12-19(15-32-25)18-4-5-18)33-28-23(27(39)35-40-28)24(30)31-6-7-37-10-8-36(3)9-11-37;1-14-11-17(12-18(26)20(14)23(35)31-19-4-3-16(13-29-19)15(2)34)30-25-21(24(36)32-38-25)22(27)28-5-6-33-7-9-37-10-8-33;1-14-7-6-10-27-22(14)30-23(32)19-15(2)11-18(12-16(19)3)29-25-20(24(33)31-34-25)21(26)28-13-17-8-4-5-9-17;1-9-4-3-5-23-17(9)26-18(30)14-10(2)6-11(7-12(14)21)24-20-15(19(31)27-32-20)16(22)25-13(29)8-28/h12-15,18,33H,4-11H2,1-3H3,(H2,30,31)(H,35,39)(H,32,34,38);3-4,11-13,30H,5-10H2,1-2H3,(H2,27,28)(H,32,36)(H,29,31,35);6-7,10-12,17,29H,4-5,8-9,13H2,1-3H3,(H2,26,28)(H,31,33)(H,27,30,32);3-7,13,24,28-29H,8H2,1-2H3,(H2,22,25)(H,27,31)(H,23,26,30). The number of piperazine rings is 1. The number of halogens is 3. The molecule has 4 aliphatic rings. The Hall–Kier alpha value is -13.5. The summed E-state index contributed by atoms with van der Waals surface area (Å²) >= 11 is 23.9. The van der Waals surface area contributed by atoms with Crippen molar-refractivity contribution in [3.8, 4) is 0 Å². The third-order valence-electron chi connectivity index (χ3n) is 24.0. The molecule has 0 radical (unpaired) electrons. The molecule has 0 bridgehead atoms. The fourth-order valence-corrected chi connectivity index (χ4v) is 20.2. The Morgan fingerprint density at radius 3 is 1.24 bits per heavy atom. The van der Waals surface area contributed by atoms with Gasteiger partial charge in [0.05, 0.1) is 64.7 Å². The number of aromatic nitrogens is 8. The molecule has 8 aromatic heterocycles. The van der Waals surface area contributed by atoms with Crippen LogP contribution < -0.4 is 87.7 Å². The van der Waals surface area contributed by atoms with Crippen molar-refractivity contribution in [1.29, 1.82) is 0 Å². The molecular formula is C98H114Cl3N27O12S4. The number of likely N-dealkylation sites (N-methyl/N-ethyl adjacent to an activating group) is 1. The van der Waals surface area contributed by atoms with E-state index in [2.05, 4.69) is 128 Å². The molecule has 758 valence electrons. The van der Waals surface area contributed by atoms with Crippen molar-refractivity contribution in [2.75, 3.05) is 141 Å². The van der Waals surface area contributed by atoms with Crippen LogP contribution in [0, 0.1) is 61.3 Å². The van der Waals surface area contributed by atoms with Crippen LogP contribution in [-0.4, -0.2) is 220 Å². The largest absolute Gasteiger partial charge is 0.392 e. The first-order chi connectivity index (χ1) is 68.9. The minimum Gasteiger partial charge on any atom is -0.392 e. The Morgan fingerprint density at radius 2 is 0.854 bits per heavy atom. The Kier molecular flexibility index (Phi) is 37.5. The lowest BCUT2D eigenvalue weighted by Gasteiger charge is -2.31. The van der Waals surface area contributed by atoms with Gasteiger partial charge in [0.15, 0.2) is 12.0 Å². The lowest BCUT2D eigenvalue weighted by atomic mass is 10.0. The molecule has 22 N–H and O–H groups in total. The molecule has 16 rings (SSSR count). The molecule has 1 unspecified atom stereocenters. The molecule has 46 heteroatoms. The molecule has 12 aromatic rings. The number of carbonyl (C=O) groups excluding carboxylic acids is 5. The first-order valence-electron chi connectivity index (χ1n) is 46.2. The van der Waals surface area contributed by atoms with Crippen LogP contribution in [-0.2, 0) is 4.74 Å². The molecule has 10 heterocycles. The van der Waals surface area contributed by atoms with Gasteiger partial charge in [0.2, 0.25) is 0 Å².